The van der Waals surface area contributed by atoms with E-state index in [2.05, 4.69) is 17.9 Å². The molecule has 1 N–H and O–H groups in total. The highest BCUT2D eigenvalue weighted by Crippen LogP contribution is 2.35. The minimum absolute atomic E-state index is 0.116. The van der Waals surface area contributed by atoms with Crippen LogP contribution < -0.4 is 5.32 Å². The number of thiol groups is 1. The fraction of sp³-hybridized carbons (Fsp3) is 0.0667. The first-order valence-electron chi connectivity index (χ1n) is 5.87. The first-order valence-corrected chi connectivity index (χ1v) is 6.32. The van der Waals surface area contributed by atoms with Gasteiger partial charge in [-0.15, -0.1) is 12.6 Å². The molecule has 19 heavy (non-hydrogen) atoms. The Morgan fingerprint density at radius 2 is 1.53 bits per heavy atom. The van der Waals surface area contributed by atoms with E-state index >= 15 is 0 Å². The maximum Gasteiger partial charge on any atom is 0.196 e. The summed E-state index contributed by atoms with van der Waals surface area (Å²) in [6.45, 7) is 0. The summed E-state index contributed by atoms with van der Waals surface area (Å²) < 4.78 is 0. The number of fused-ring (bicyclic) bond motifs is 2. The van der Waals surface area contributed by atoms with Gasteiger partial charge < -0.3 is 5.32 Å². The number of hydrogen-bond donors (Lipinski definition) is 2. The Labute approximate surface area is 116 Å². The van der Waals surface area contributed by atoms with E-state index in [4.69, 9.17) is 0 Å². The summed E-state index contributed by atoms with van der Waals surface area (Å²) in [6.07, 6.45) is 0. The third-order valence-electron chi connectivity index (χ3n) is 3.32. The zero-order chi connectivity index (χ0) is 13.6. The lowest BCUT2D eigenvalue weighted by atomic mass is 9.83. The number of hydrogen-bond acceptors (Lipinski definition) is 4. The van der Waals surface area contributed by atoms with Gasteiger partial charge in [-0.25, -0.2) is 0 Å². The number of carbonyl (C=O) groups excluding carboxylic acids is 2. The van der Waals surface area contributed by atoms with Crippen molar-refractivity contribution in [2.75, 3.05) is 12.4 Å². The summed E-state index contributed by atoms with van der Waals surface area (Å²) in [6, 6.07) is 10.3. The minimum atomic E-state index is -0.134. The monoisotopic (exact) mass is 269 g/mol. The number of anilines is 1. The molecule has 1 aliphatic carbocycles. The van der Waals surface area contributed by atoms with Gasteiger partial charge in [-0.1, -0.05) is 24.3 Å². The Kier molecular flexibility index (Phi) is 2.68. The van der Waals surface area contributed by atoms with Gasteiger partial charge in [0.1, 0.15) is 0 Å². The fourth-order valence-electron chi connectivity index (χ4n) is 2.43. The summed E-state index contributed by atoms with van der Waals surface area (Å²) in [7, 11) is 1.72. The average Bonchev–Trinajstić information content (AvgIpc) is 2.44. The molecule has 0 aromatic heterocycles. The number of benzene rings is 2. The van der Waals surface area contributed by atoms with Crippen LogP contribution in [0.2, 0.25) is 0 Å². The van der Waals surface area contributed by atoms with E-state index in [1.165, 1.54) is 0 Å². The lowest BCUT2D eigenvalue weighted by Crippen LogP contribution is -2.22. The Morgan fingerprint density at radius 1 is 0.895 bits per heavy atom. The number of rotatable bonds is 1. The summed E-state index contributed by atoms with van der Waals surface area (Å²) in [5.41, 5.74) is 2.38. The van der Waals surface area contributed by atoms with Crippen molar-refractivity contribution < 1.29 is 9.59 Å². The smallest absolute Gasteiger partial charge is 0.196 e. The third-order valence-corrected chi connectivity index (χ3v) is 3.69. The maximum atomic E-state index is 12.6. The highest BCUT2D eigenvalue weighted by atomic mass is 32.1. The summed E-state index contributed by atoms with van der Waals surface area (Å²) in [5, 5.41) is 2.96. The Morgan fingerprint density at radius 3 is 2.16 bits per heavy atom. The van der Waals surface area contributed by atoms with Gasteiger partial charge in [0, 0.05) is 28.6 Å². The molecule has 0 unspecified atom stereocenters. The van der Waals surface area contributed by atoms with Crippen LogP contribution in [0.25, 0.3) is 0 Å². The average molecular weight is 269 g/mol. The van der Waals surface area contributed by atoms with Crippen molar-refractivity contribution >= 4 is 29.9 Å². The van der Waals surface area contributed by atoms with Crippen molar-refractivity contribution in [2.24, 2.45) is 0 Å². The molecule has 3 nitrogen and oxygen atoms in total. The van der Waals surface area contributed by atoms with Crippen LogP contribution in [0.5, 0.6) is 0 Å². The van der Waals surface area contributed by atoms with Crippen LogP contribution in [-0.4, -0.2) is 18.6 Å². The molecule has 0 aliphatic heterocycles. The van der Waals surface area contributed by atoms with Gasteiger partial charge in [0.25, 0.3) is 0 Å². The van der Waals surface area contributed by atoms with Gasteiger partial charge in [0.2, 0.25) is 0 Å². The Balaban J connectivity index is 2.36. The van der Waals surface area contributed by atoms with E-state index in [1.54, 1.807) is 43.4 Å². The Hall–Kier alpha value is -2.07. The molecule has 94 valence electrons. The van der Waals surface area contributed by atoms with Crippen molar-refractivity contribution in [1.29, 1.82) is 0 Å². The molecular formula is C15H11NO2S. The molecule has 0 saturated heterocycles. The number of ketones is 2. The van der Waals surface area contributed by atoms with Gasteiger partial charge in [-0.05, 0) is 12.1 Å². The van der Waals surface area contributed by atoms with E-state index in [0.717, 1.165) is 0 Å². The first-order chi connectivity index (χ1) is 9.15. The van der Waals surface area contributed by atoms with Crippen LogP contribution in [0.1, 0.15) is 31.8 Å². The van der Waals surface area contributed by atoms with E-state index in [1.807, 2.05) is 0 Å². The predicted octanol–water partition coefficient (Wildman–Crippen LogP) is 2.79. The molecule has 0 saturated carbocycles. The van der Waals surface area contributed by atoms with Crippen molar-refractivity contribution in [3.05, 3.63) is 58.7 Å². The second-order valence-electron chi connectivity index (χ2n) is 4.34. The lowest BCUT2D eigenvalue weighted by molar-refractivity contribution is 0.0979. The van der Waals surface area contributed by atoms with Crippen molar-refractivity contribution in [2.45, 2.75) is 4.90 Å². The zero-order valence-electron chi connectivity index (χ0n) is 10.2. The summed E-state index contributed by atoms with van der Waals surface area (Å²) >= 11 is 4.33. The van der Waals surface area contributed by atoms with Gasteiger partial charge in [0.15, 0.2) is 11.6 Å². The largest absolute Gasteiger partial charge is 0.387 e. The highest BCUT2D eigenvalue weighted by Gasteiger charge is 2.31. The molecule has 0 spiro atoms. The van der Waals surface area contributed by atoms with Crippen molar-refractivity contribution in [3.8, 4) is 0 Å². The van der Waals surface area contributed by atoms with Crippen LogP contribution >= 0.6 is 12.6 Å². The molecule has 2 aromatic carbocycles. The molecule has 4 heteroatoms. The molecule has 0 atom stereocenters. The predicted molar refractivity (Wildman–Crippen MR) is 76.5 cm³/mol. The summed E-state index contributed by atoms with van der Waals surface area (Å²) in [5.74, 6) is -0.250. The second kappa shape index (κ2) is 4.24. The van der Waals surface area contributed by atoms with Crippen LogP contribution in [-0.2, 0) is 0 Å². The highest BCUT2D eigenvalue weighted by molar-refractivity contribution is 7.80. The van der Waals surface area contributed by atoms with Gasteiger partial charge in [-0.3, -0.25) is 9.59 Å². The Bertz CT molecular complexity index is 722. The van der Waals surface area contributed by atoms with E-state index in [9.17, 15) is 9.59 Å². The van der Waals surface area contributed by atoms with Crippen molar-refractivity contribution in [3.63, 3.8) is 0 Å². The number of nitrogens with one attached hydrogen (secondary N) is 1. The third kappa shape index (κ3) is 1.60. The second-order valence-corrected chi connectivity index (χ2v) is 4.82. The normalized spacial score (nSPS) is 12.9. The van der Waals surface area contributed by atoms with E-state index in [-0.39, 0.29) is 11.6 Å². The molecule has 0 amide bonds. The quantitative estimate of drug-likeness (QED) is 0.668. The fourth-order valence-corrected chi connectivity index (χ4v) is 2.73. The topological polar surface area (TPSA) is 46.2 Å². The summed E-state index contributed by atoms with van der Waals surface area (Å²) in [4.78, 5) is 25.6. The SMILES string of the molecule is CNc1c(S)ccc2c1C(=O)c1ccccc1C2=O. The molecule has 3 rings (SSSR count). The molecule has 0 fully saturated rings. The maximum absolute atomic E-state index is 12.6. The van der Waals surface area contributed by atoms with E-state index < -0.39 is 0 Å². The van der Waals surface area contributed by atoms with Crippen LogP contribution in [0.4, 0.5) is 5.69 Å². The molecule has 0 heterocycles. The lowest BCUT2D eigenvalue weighted by Gasteiger charge is -2.20. The molecule has 2 aromatic rings. The number of carbonyl (C=O) groups is 2. The minimum Gasteiger partial charge on any atom is -0.387 e. The van der Waals surface area contributed by atoms with Crippen LogP contribution in [0.3, 0.4) is 0 Å². The molecule has 1 aliphatic rings. The first kappa shape index (κ1) is 12.0. The van der Waals surface area contributed by atoms with Gasteiger partial charge >= 0.3 is 0 Å². The van der Waals surface area contributed by atoms with Gasteiger partial charge in [0.05, 0.1) is 11.3 Å². The zero-order valence-corrected chi connectivity index (χ0v) is 11.1. The van der Waals surface area contributed by atoms with Crippen LogP contribution in [0, 0.1) is 0 Å². The van der Waals surface area contributed by atoms with Crippen LogP contribution in [0.15, 0.2) is 41.3 Å². The molecule has 0 bridgehead atoms. The standard InChI is InChI=1S/C15H11NO2S/c1-16-13-11(19)7-6-10-12(13)15(18)9-5-3-2-4-8(9)14(10)17/h2-7,16,19H,1H3. The van der Waals surface area contributed by atoms with Crippen molar-refractivity contribution in [1.82, 2.24) is 0 Å². The van der Waals surface area contributed by atoms with E-state index in [0.29, 0.717) is 32.8 Å². The molecule has 0 radical (unpaired) electrons. The van der Waals surface area contributed by atoms with Gasteiger partial charge in [-0.2, -0.15) is 0 Å². The molecular weight excluding hydrogens is 258 g/mol.